The van der Waals surface area contributed by atoms with Gasteiger partial charge in [0.2, 0.25) is 0 Å². The van der Waals surface area contributed by atoms with Crippen LogP contribution in [0.25, 0.3) is 0 Å². The van der Waals surface area contributed by atoms with Crippen LogP contribution in [0.5, 0.6) is 0 Å². The van der Waals surface area contributed by atoms with E-state index >= 15 is 0 Å². The summed E-state index contributed by atoms with van der Waals surface area (Å²) in [5.41, 5.74) is 2.90. The van der Waals surface area contributed by atoms with Gasteiger partial charge in [0.1, 0.15) is 0 Å². The van der Waals surface area contributed by atoms with Crippen molar-refractivity contribution in [1.29, 1.82) is 0 Å². The summed E-state index contributed by atoms with van der Waals surface area (Å²) in [6.07, 6.45) is 0. The van der Waals surface area contributed by atoms with Gasteiger partial charge in [-0.15, -0.1) is 12.1 Å². The molecule has 0 bridgehead atoms. The molecule has 0 aromatic heterocycles. The molecule has 2 rings (SSSR count). The zero-order valence-electron chi connectivity index (χ0n) is 22.8. The van der Waals surface area contributed by atoms with Crippen LogP contribution in [0.3, 0.4) is 0 Å². The van der Waals surface area contributed by atoms with E-state index in [-0.39, 0.29) is 110 Å². The molecule has 144 valence electrons. The van der Waals surface area contributed by atoms with Crippen LogP contribution in [0.2, 0.25) is 0 Å². The molecule has 0 amide bonds. The molecule has 5 heteroatoms. The Hall–Kier alpha value is 4.79. The molecule has 29 heavy (non-hydrogen) atoms. The van der Waals surface area contributed by atoms with Gasteiger partial charge in [0.25, 0.3) is 0 Å². The summed E-state index contributed by atoms with van der Waals surface area (Å²) < 4.78 is 0. The fraction of sp³-hybridized carbons (Fsp3) is 0.500. The molecule has 2 aromatic carbocycles. The summed E-state index contributed by atoms with van der Waals surface area (Å²) in [6, 6.07) is 22.8. The molecule has 0 heterocycles. The van der Waals surface area contributed by atoms with Crippen LogP contribution in [0.4, 0.5) is 11.4 Å². The molecule has 0 aliphatic rings. The van der Waals surface area contributed by atoms with Crippen molar-refractivity contribution < 1.29 is 104 Å². The molecule has 2 aromatic rings. The number of anilines is 2. The maximum absolute atomic E-state index is 3.30. The fourth-order valence-electron chi connectivity index (χ4n) is 1.88. The average Bonchev–Trinajstić information content (AvgIpc) is 2.62. The van der Waals surface area contributed by atoms with Crippen molar-refractivity contribution >= 4 is 74.5 Å². The van der Waals surface area contributed by atoms with E-state index in [4.69, 9.17) is 0 Å². The predicted octanol–water partition coefficient (Wildman–Crippen LogP) is 0.909. The van der Waals surface area contributed by atoms with E-state index in [2.05, 4.69) is 77.6 Å². The number of benzene rings is 2. The monoisotopic (exact) mass is 496 g/mol. The number of nitrogens with zero attached hydrogens (tertiary/aromatic N) is 1. The van der Waals surface area contributed by atoms with E-state index in [9.17, 15) is 0 Å². The zero-order chi connectivity index (χ0) is 21.5. The van der Waals surface area contributed by atoms with E-state index in [1.54, 1.807) is 0 Å². The van der Waals surface area contributed by atoms with Crippen LogP contribution in [0, 0.1) is 23.0 Å². The Morgan fingerprint density at radius 3 is 1.28 bits per heavy atom. The Kier molecular flexibility index (Phi) is 34.6. The number of hydrogen-bond donors (Lipinski definition) is 0. The van der Waals surface area contributed by atoms with E-state index in [1.165, 1.54) is 63.2 Å². The molecule has 0 atom stereocenters. The minimum absolute atomic E-state index is 0. The van der Waals surface area contributed by atoms with Crippen molar-refractivity contribution in [3.63, 3.8) is 0 Å². The third kappa shape index (κ3) is 27.2. The maximum atomic E-state index is 3.30. The van der Waals surface area contributed by atoms with E-state index < -0.39 is 0 Å². The van der Waals surface area contributed by atoms with Crippen molar-refractivity contribution in [2.24, 2.45) is 10.8 Å². The standard InChI is InChI=1S/C17H19N.C5H12.C2H6.4K.H/c1-17(2,3)14-18(15-10-6-4-7-11-15)16-12-8-5-9-13-16;1-5(2,3)4;1-2;;;;;/h4-10,12H,14H2,1-3H3;1-4H3;1-2H3;;;;;/q-2;;;;;2*+1;-1. The van der Waals surface area contributed by atoms with E-state index in [0.29, 0.717) is 5.41 Å². The Morgan fingerprint density at radius 2 is 1.07 bits per heavy atom. The van der Waals surface area contributed by atoms with Crippen LogP contribution in [0.1, 0.15) is 63.7 Å². The van der Waals surface area contributed by atoms with E-state index in [1.807, 2.05) is 50.2 Å². The number of para-hydroxylation sites is 2. The summed E-state index contributed by atoms with van der Waals surface area (Å²) in [6.45, 7) is 20.4. The molecule has 0 unspecified atom stereocenters. The molecular weight excluding hydrogens is 459 g/mol. The molecule has 1 nitrogen and oxygen atoms in total. The van der Waals surface area contributed by atoms with Crippen molar-refractivity contribution in [1.82, 2.24) is 0 Å². The van der Waals surface area contributed by atoms with Crippen molar-refractivity contribution in [2.75, 3.05) is 11.4 Å². The molecule has 0 N–H and O–H groups in total. The van der Waals surface area contributed by atoms with Crippen LogP contribution in [-0.2, 0) is 0 Å². The average molecular weight is 497 g/mol. The van der Waals surface area contributed by atoms with Gasteiger partial charge in [-0.05, 0) is 10.8 Å². The van der Waals surface area contributed by atoms with Gasteiger partial charge in [-0.1, -0.05) is 73.7 Å². The molecule has 0 radical (unpaired) electrons. The first-order chi connectivity index (χ1) is 12.6. The normalized spacial score (nSPS) is 9.55. The summed E-state index contributed by atoms with van der Waals surface area (Å²) >= 11 is 2.50. The first-order valence-electron chi connectivity index (χ1n) is 10.3. The molecule has 0 fully saturated rings. The second-order valence-electron chi connectivity index (χ2n) is 8.64. The van der Waals surface area contributed by atoms with Gasteiger partial charge in [0.05, 0.1) is 0 Å². The van der Waals surface area contributed by atoms with Gasteiger partial charge in [-0.3, -0.25) is 0 Å². The minimum atomic E-state index is 0. The number of hydrogen-bond acceptors (Lipinski definition) is 1. The summed E-state index contributed by atoms with van der Waals surface area (Å²) in [5.74, 6) is 0. The van der Waals surface area contributed by atoms with E-state index in [0.717, 1.165) is 17.9 Å². The second-order valence-corrected chi connectivity index (χ2v) is 8.64. The molecule has 0 saturated carbocycles. The Bertz CT molecular complexity index is 522. The molecule has 0 aliphatic carbocycles. The summed E-state index contributed by atoms with van der Waals surface area (Å²) in [7, 11) is 0. The third-order valence-corrected chi connectivity index (χ3v) is 2.60. The first kappa shape index (κ1) is 40.9. The molecule has 0 aliphatic heterocycles. The van der Waals surface area contributed by atoms with Gasteiger partial charge in [0.15, 0.2) is 0 Å². The topological polar surface area (TPSA) is 3.24 Å². The Labute approximate surface area is 314 Å². The second kappa shape index (κ2) is 24.5. The summed E-state index contributed by atoms with van der Waals surface area (Å²) in [4.78, 5) is 2.26. The van der Waals surface area contributed by atoms with Crippen molar-refractivity contribution in [3.05, 3.63) is 60.7 Å². The van der Waals surface area contributed by atoms with Gasteiger partial charge in [-0.2, -0.15) is 48.5 Å². The predicted molar refractivity (Wildman–Crippen MR) is 126 cm³/mol. The zero-order valence-corrected chi connectivity index (χ0v) is 34.3. The Balaban J connectivity index is -0.000000151. The van der Waals surface area contributed by atoms with Crippen LogP contribution < -0.4 is 108 Å². The van der Waals surface area contributed by atoms with Gasteiger partial charge < -0.3 is 6.33 Å². The van der Waals surface area contributed by atoms with Gasteiger partial charge >= 0.3 is 166 Å². The third-order valence-electron chi connectivity index (χ3n) is 2.60. The van der Waals surface area contributed by atoms with Crippen molar-refractivity contribution in [3.8, 4) is 0 Å². The van der Waals surface area contributed by atoms with Crippen LogP contribution in [-0.4, -0.2) is 69.7 Å². The quantitative estimate of drug-likeness (QED) is 0.451. The first-order valence-corrected chi connectivity index (χ1v) is 26.3. The van der Waals surface area contributed by atoms with Crippen LogP contribution >= 0.6 is 0 Å². The summed E-state index contributed by atoms with van der Waals surface area (Å²) in [5, 5.41) is 0. The SMILES string of the molecule is CC.CC(C)(C)C.CC(C)(C)CN(c1[c-]cccc1)c1[c-]cccc1.[H-].[K+].[K+].[K][K]. The molecule has 0 spiro atoms. The number of rotatable bonds is 3. The molecular formula is C24H38K4N-. The molecule has 0 saturated heterocycles. The van der Waals surface area contributed by atoms with Gasteiger partial charge in [-0.25, -0.2) is 0 Å². The van der Waals surface area contributed by atoms with Crippen LogP contribution in [0.15, 0.2) is 48.5 Å². The van der Waals surface area contributed by atoms with Gasteiger partial charge in [0, 0.05) is 6.54 Å². The fourth-order valence-corrected chi connectivity index (χ4v) is 1.88. The van der Waals surface area contributed by atoms with Crippen molar-refractivity contribution in [2.45, 2.75) is 62.3 Å². The Morgan fingerprint density at radius 1 is 0.759 bits per heavy atom.